The van der Waals surface area contributed by atoms with Gasteiger partial charge in [0.2, 0.25) is 0 Å². The molecule has 8 bridgehead atoms. The highest BCUT2D eigenvalue weighted by molar-refractivity contribution is 7.90. The van der Waals surface area contributed by atoms with E-state index in [2.05, 4.69) is 143 Å². The lowest BCUT2D eigenvalue weighted by molar-refractivity contribution is -0.122. The van der Waals surface area contributed by atoms with Gasteiger partial charge in [0.05, 0.1) is 23.0 Å². The summed E-state index contributed by atoms with van der Waals surface area (Å²) in [6.45, 7) is 30.4. The van der Waals surface area contributed by atoms with E-state index >= 15 is 0 Å². The van der Waals surface area contributed by atoms with Crippen molar-refractivity contribution in [2.45, 2.75) is 180 Å². The normalized spacial score (nSPS) is 13.1. The number of ether oxygens (including phenoxy) is 4. The minimum atomic E-state index is -4.37. The summed E-state index contributed by atoms with van der Waals surface area (Å²) >= 11 is 0. The summed E-state index contributed by atoms with van der Waals surface area (Å²) in [7, 11) is -1.15. The van der Waals surface area contributed by atoms with Crippen LogP contribution >= 0.6 is 0 Å². The number of carbonyl (C=O) groups is 2. The molecule has 0 saturated heterocycles. The molecule has 2 amide bonds. The molecule has 0 unspecified atom stereocenters. The molecule has 8 aromatic rings. The van der Waals surface area contributed by atoms with E-state index in [-0.39, 0.29) is 9.79 Å². The van der Waals surface area contributed by atoms with Crippen LogP contribution in [0.1, 0.15) is 189 Å². The van der Waals surface area contributed by atoms with Crippen LogP contribution in [0.3, 0.4) is 0 Å². The lowest BCUT2D eigenvalue weighted by Crippen LogP contribution is -2.34. The van der Waals surface area contributed by atoms with Crippen molar-refractivity contribution in [3.8, 4) is 23.0 Å². The molecule has 512 valence electrons. The number of hydrogen-bond donors (Lipinski definition) is 2. The molecule has 8 aromatic carbocycles. The van der Waals surface area contributed by atoms with Gasteiger partial charge < -0.3 is 28.7 Å². The molecule has 96 heavy (non-hydrogen) atoms. The van der Waals surface area contributed by atoms with Crippen LogP contribution in [0.5, 0.6) is 23.0 Å². The minimum absolute atomic E-state index is 0.0135. The molecule has 16 heteroatoms. The van der Waals surface area contributed by atoms with Gasteiger partial charge in [-0.15, -0.1) is 0 Å². The van der Waals surface area contributed by atoms with Gasteiger partial charge in [0.25, 0.3) is 31.9 Å². The van der Waals surface area contributed by atoms with Crippen molar-refractivity contribution in [1.82, 2.24) is 9.44 Å². The Bertz CT molecular complexity index is 4180. The summed E-state index contributed by atoms with van der Waals surface area (Å²) in [5.74, 6) is 0.656. The van der Waals surface area contributed by atoms with Crippen molar-refractivity contribution in [2.24, 2.45) is 0 Å². The number of unbranched alkanes of at least 4 members (excludes halogenated alkanes) is 2. The quantitative estimate of drug-likeness (QED) is 0.0694. The van der Waals surface area contributed by atoms with Gasteiger partial charge in [0.1, 0.15) is 23.0 Å². The first kappa shape index (κ1) is 72.2. The summed E-state index contributed by atoms with van der Waals surface area (Å²) < 4.78 is 89.3. The first-order chi connectivity index (χ1) is 45.0. The number of nitrogens with zero attached hydrogens (tertiary/aromatic N) is 2. The Kier molecular flexibility index (Phi) is 21.5. The summed E-state index contributed by atoms with van der Waals surface area (Å²) in [6.07, 6.45) is 5.01. The number of amides is 2. The summed E-state index contributed by atoms with van der Waals surface area (Å²) in [5, 5.41) is 2.45. The Morgan fingerprint density at radius 3 is 0.927 bits per heavy atom. The molecule has 0 aliphatic heterocycles. The maximum absolute atomic E-state index is 14.3. The smallest absolute Gasteiger partial charge is 0.271 e. The van der Waals surface area contributed by atoms with Crippen molar-refractivity contribution >= 4 is 64.8 Å². The van der Waals surface area contributed by atoms with Crippen molar-refractivity contribution in [2.75, 3.05) is 64.4 Å². The van der Waals surface area contributed by atoms with E-state index in [1.165, 1.54) is 12.1 Å². The van der Waals surface area contributed by atoms with Crippen LogP contribution < -0.4 is 38.2 Å². The molecule has 0 saturated carbocycles. The van der Waals surface area contributed by atoms with Crippen LogP contribution in [0.15, 0.2) is 131 Å². The van der Waals surface area contributed by atoms with Crippen LogP contribution in [-0.4, -0.2) is 83.3 Å². The Hall–Kier alpha value is -8.08. The molecule has 10 aliphatic rings. The summed E-state index contributed by atoms with van der Waals surface area (Å²) in [6, 6.07) is 38.4. The molecule has 14 nitrogen and oxygen atoms in total. The first-order valence-electron chi connectivity index (χ1n) is 33.6. The van der Waals surface area contributed by atoms with Gasteiger partial charge in [-0.1, -0.05) is 183 Å². The second-order valence-corrected chi connectivity index (χ2v) is 33.6. The lowest BCUT2D eigenvalue weighted by atomic mass is 9.76. The number of nitrogens with one attached hydrogen (secondary N) is 2. The Morgan fingerprint density at radius 2 is 0.656 bits per heavy atom. The molecule has 10 aliphatic carbocycles. The predicted molar refractivity (Wildman–Crippen MR) is 391 cm³/mol. The number of anilines is 2. The van der Waals surface area contributed by atoms with E-state index in [1.807, 2.05) is 86.5 Å². The number of hydrogen-bond acceptors (Lipinski definition) is 12. The fraction of sp³-hybridized carbons (Fsp3) is 0.425. The average molecular weight is 1340 g/mol. The molecular weight excluding hydrogens is 1240 g/mol. The van der Waals surface area contributed by atoms with Crippen LogP contribution in [0.25, 0.3) is 21.5 Å². The largest absolute Gasteiger partial charge is 0.493 e. The van der Waals surface area contributed by atoms with Gasteiger partial charge in [0.15, 0.2) is 13.2 Å². The van der Waals surface area contributed by atoms with Crippen molar-refractivity contribution in [3.63, 3.8) is 0 Å². The van der Waals surface area contributed by atoms with Gasteiger partial charge in [-0.3, -0.25) is 9.59 Å². The Balaban J connectivity index is 1.22. The molecular formula is C80H100N4O10S2. The highest BCUT2D eigenvalue weighted by Crippen LogP contribution is 2.44. The zero-order valence-electron chi connectivity index (χ0n) is 59.8. The van der Waals surface area contributed by atoms with Crippen LogP contribution in [0.2, 0.25) is 0 Å². The van der Waals surface area contributed by atoms with Gasteiger partial charge >= 0.3 is 0 Å². The minimum Gasteiger partial charge on any atom is -0.493 e. The molecule has 0 aromatic heterocycles. The molecule has 0 radical (unpaired) electrons. The summed E-state index contributed by atoms with van der Waals surface area (Å²) in [4.78, 5) is 32.4. The molecule has 0 heterocycles. The first-order valence-corrected chi connectivity index (χ1v) is 36.6. The molecule has 18 rings (SSSR count). The SMILES string of the molecule is CCCCOc1cc2c(C(C)(C)C)cc1Cc1cc(OCC(=O)NS(=O)(=O)c3cccc4c(N(C)C)cccc34)c(cc1C(C)(C)C)Cc1cc(OCCCC)c(cc1C(C)(C)C)Cc1cc(OCC(=O)NS(=O)(=O)c3cccc4c(N(C)C)cccc34)c(cc1C(C)(C)C)C2. The van der Waals surface area contributed by atoms with E-state index in [4.69, 9.17) is 18.9 Å². The zero-order valence-corrected chi connectivity index (χ0v) is 61.5. The van der Waals surface area contributed by atoms with Crippen LogP contribution in [-0.2, 0) is 77.0 Å². The van der Waals surface area contributed by atoms with Crippen molar-refractivity contribution in [3.05, 3.63) is 188 Å². The maximum atomic E-state index is 14.3. The Morgan fingerprint density at radius 1 is 0.385 bits per heavy atom. The molecule has 0 atom stereocenters. The number of fused-ring (bicyclic) bond motifs is 2. The summed E-state index contributed by atoms with van der Waals surface area (Å²) in [5.41, 5.74) is 11.7. The second-order valence-electron chi connectivity index (χ2n) is 30.3. The third-order valence-corrected chi connectivity index (χ3v) is 20.7. The van der Waals surface area contributed by atoms with Crippen LogP contribution in [0.4, 0.5) is 11.4 Å². The van der Waals surface area contributed by atoms with E-state index < -0.39 is 66.7 Å². The number of carbonyl (C=O) groups excluding carboxylic acids is 2. The third-order valence-electron chi connectivity index (χ3n) is 17.9. The Labute approximate surface area is 571 Å². The van der Waals surface area contributed by atoms with Gasteiger partial charge in [-0.25, -0.2) is 26.3 Å². The maximum Gasteiger partial charge on any atom is 0.271 e. The number of sulfonamides is 2. The van der Waals surface area contributed by atoms with E-state index in [1.54, 1.807) is 24.3 Å². The second kappa shape index (κ2) is 28.5. The van der Waals surface area contributed by atoms with Crippen LogP contribution in [0, 0.1) is 0 Å². The zero-order chi connectivity index (χ0) is 70.0. The third kappa shape index (κ3) is 16.5. The molecule has 2 N–H and O–H groups in total. The fourth-order valence-corrected chi connectivity index (χ4v) is 15.5. The van der Waals surface area contributed by atoms with Crippen molar-refractivity contribution in [1.29, 1.82) is 0 Å². The van der Waals surface area contributed by atoms with Gasteiger partial charge in [0, 0.05) is 86.8 Å². The van der Waals surface area contributed by atoms with E-state index in [0.29, 0.717) is 72.7 Å². The fourth-order valence-electron chi connectivity index (χ4n) is 13.1. The topological polar surface area (TPSA) is 170 Å². The van der Waals surface area contributed by atoms with E-state index in [0.717, 1.165) is 115 Å². The number of benzene rings is 8. The highest BCUT2D eigenvalue weighted by atomic mass is 32.2. The average Bonchev–Trinajstić information content (AvgIpc) is 0.776. The molecule has 0 fully saturated rings. The number of rotatable bonds is 20. The monoisotopic (exact) mass is 1340 g/mol. The molecule has 0 spiro atoms. The van der Waals surface area contributed by atoms with Gasteiger partial charge in [-0.2, -0.15) is 0 Å². The lowest BCUT2D eigenvalue weighted by Gasteiger charge is -2.30. The van der Waals surface area contributed by atoms with E-state index in [9.17, 15) is 26.4 Å². The van der Waals surface area contributed by atoms with Crippen molar-refractivity contribution < 1.29 is 45.4 Å². The predicted octanol–water partition coefficient (Wildman–Crippen LogP) is 16.1. The van der Waals surface area contributed by atoms with Gasteiger partial charge in [-0.05, 0) is 150 Å². The highest BCUT2D eigenvalue weighted by Gasteiger charge is 2.32. The standard InChI is InChI=1S/C80H100N4O10S2/c1-19-21-35-91-69-45-51-39-57-43-66(80(12,13)14)54(48-72(57)94-50-76(86)82-96(89,90)74-34-26-28-60-62(74)30-24-32-68(60)84(17)18)38-56-42-64(78(6,7)8)52(46-70(56)92-36-22-20-2)40-58-44-65(79(9,10)11)53(37-55(69)41-63(51)77(3,4)5)47-71(58)93-49-75(85)81-95(87,88)73-33-25-27-59-61(73)29-23-31-67(59)83(15)16/h23-34,41-48H,19-22,35-40,49-50H2,1-18H3,(H,81,85)(H,82,86).